The molecule has 0 saturated carbocycles. The van der Waals surface area contributed by atoms with E-state index in [1.54, 1.807) is 32.4 Å². The van der Waals surface area contributed by atoms with Crippen LogP contribution in [0.2, 0.25) is 0 Å². The highest BCUT2D eigenvalue weighted by Gasteiger charge is 2.41. The van der Waals surface area contributed by atoms with Crippen LogP contribution in [-0.4, -0.2) is 60.3 Å². The third-order valence-corrected chi connectivity index (χ3v) is 4.92. The van der Waals surface area contributed by atoms with E-state index in [0.717, 1.165) is 10.5 Å². The van der Waals surface area contributed by atoms with Crippen LogP contribution in [0.15, 0.2) is 48.5 Å². The highest BCUT2D eigenvalue weighted by atomic mass is 16.5. The van der Waals surface area contributed by atoms with Gasteiger partial charge < -0.3 is 14.4 Å². The van der Waals surface area contributed by atoms with Gasteiger partial charge in [0.05, 0.1) is 18.2 Å². The second-order valence-corrected chi connectivity index (χ2v) is 6.87. The minimum atomic E-state index is -1.15. The molecule has 0 aliphatic carbocycles. The summed E-state index contributed by atoms with van der Waals surface area (Å²) < 4.78 is 10.3. The van der Waals surface area contributed by atoms with Crippen molar-refractivity contribution in [1.82, 2.24) is 9.80 Å². The Labute approximate surface area is 174 Å². The first-order chi connectivity index (χ1) is 14.3. The molecule has 2 aromatic rings. The predicted molar refractivity (Wildman–Crippen MR) is 107 cm³/mol. The largest absolute Gasteiger partial charge is 0.496 e. The van der Waals surface area contributed by atoms with Crippen LogP contribution in [0, 0.1) is 0 Å². The number of rotatable bonds is 7. The molecule has 0 unspecified atom stereocenters. The quantitative estimate of drug-likeness (QED) is 0.511. The van der Waals surface area contributed by atoms with Gasteiger partial charge in [0.1, 0.15) is 11.8 Å². The predicted octanol–water partition coefficient (Wildman–Crippen LogP) is 1.88. The van der Waals surface area contributed by atoms with E-state index in [9.17, 15) is 19.2 Å². The van der Waals surface area contributed by atoms with Gasteiger partial charge in [-0.2, -0.15) is 0 Å². The molecule has 3 amide bonds. The summed E-state index contributed by atoms with van der Waals surface area (Å²) >= 11 is 0. The monoisotopic (exact) mass is 410 g/mol. The van der Waals surface area contributed by atoms with Gasteiger partial charge in [-0.25, -0.2) is 4.79 Å². The number of hydrogen-bond donors (Lipinski definition) is 0. The molecule has 30 heavy (non-hydrogen) atoms. The first kappa shape index (κ1) is 21.0. The molecule has 0 fully saturated rings. The van der Waals surface area contributed by atoms with Crippen molar-refractivity contribution in [2.24, 2.45) is 0 Å². The lowest BCUT2D eigenvalue weighted by molar-refractivity contribution is -0.154. The maximum atomic E-state index is 12.5. The molecular weight excluding hydrogens is 388 g/mol. The number of amides is 3. The standard InChI is InChI=1S/C22H22N2O6/c1-14(24-20(26)16-9-5-6-10-17(16)21(24)27)22(28)30-13-19(25)23(2)12-15-8-4-7-11-18(15)29-3/h4-11,14H,12-13H2,1-3H3/t14-/m0/s1. The number of nitrogens with zero attached hydrogens (tertiary/aromatic N) is 2. The fourth-order valence-corrected chi connectivity index (χ4v) is 3.21. The smallest absolute Gasteiger partial charge is 0.329 e. The number of hydrogen-bond acceptors (Lipinski definition) is 6. The molecule has 8 heteroatoms. The van der Waals surface area contributed by atoms with Crippen LogP contribution >= 0.6 is 0 Å². The average molecular weight is 410 g/mol. The number of carbonyl (C=O) groups excluding carboxylic acids is 4. The Bertz CT molecular complexity index is 968. The number of fused-ring (bicyclic) bond motifs is 1. The van der Waals surface area contributed by atoms with E-state index in [2.05, 4.69) is 0 Å². The Hall–Kier alpha value is -3.68. The maximum Gasteiger partial charge on any atom is 0.329 e. The minimum Gasteiger partial charge on any atom is -0.496 e. The molecule has 0 radical (unpaired) electrons. The number of ether oxygens (including phenoxy) is 2. The molecule has 0 spiro atoms. The maximum absolute atomic E-state index is 12.5. The van der Waals surface area contributed by atoms with Crippen molar-refractivity contribution < 1.29 is 28.7 Å². The van der Waals surface area contributed by atoms with Crippen molar-refractivity contribution in [2.75, 3.05) is 20.8 Å². The lowest BCUT2D eigenvalue weighted by Crippen LogP contribution is -2.44. The van der Waals surface area contributed by atoms with E-state index >= 15 is 0 Å². The zero-order valence-electron chi connectivity index (χ0n) is 17.0. The Morgan fingerprint density at radius 3 is 2.17 bits per heavy atom. The van der Waals surface area contributed by atoms with Crippen LogP contribution in [0.5, 0.6) is 5.75 Å². The second-order valence-electron chi connectivity index (χ2n) is 6.87. The van der Waals surface area contributed by atoms with E-state index in [1.807, 2.05) is 18.2 Å². The van der Waals surface area contributed by atoms with Gasteiger partial charge in [0.25, 0.3) is 17.7 Å². The number of benzene rings is 2. The zero-order chi connectivity index (χ0) is 21.8. The summed E-state index contributed by atoms with van der Waals surface area (Å²) in [6.07, 6.45) is 0. The fraction of sp³-hybridized carbons (Fsp3) is 0.273. The normalized spacial score (nSPS) is 13.6. The summed E-state index contributed by atoms with van der Waals surface area (Å²) in [5.41, 5.74) is 1.30. The highest BCUT2D eigenvalue weighted by Crippen LogP contribution is 2.25. The van der Waals surface area contributed by atoms with E-state index < -0.39 is 36.3 Å². The van der Waals surface area contributed by atoms with Crippen LogP contribution in [0.4, 0.5) is 0 Å². The van der Waals surface area contributed by atoms with E-state index in [0.29, 0.717) is 5.75 Å². The van der Waals surface area contributed by atoms with Gasteiger partial charge in [0, 0.05) is 19.2 Å². The van der Waals surface area contributed by atoms with E-state index in [1.165, 1.54) is 24.0 Å². The number of methoxy groups -OCH3 is 1. The van der Waals surface area contributed by atoms with Crippen molar-refractivity contribution >= 4 is 23.7 Å². The molecule has 1 heterocycles. The lowest BCUT2D eigenvalue weighted by Gasteiger charge is -2.22. The SMILES string of the molecule is COc1ccccc1CN(C)C(=O)COC(=O)[C@H](C)N1C(=O)c2ccccc2C1=O. The van der Waals surface area contributed by atoms with Crippen LogP contribution in [0.1, 0.15) is 33.2 Å². The topological polar surface area (TPSA) is 93.2 Å². The van der Waals surface area contributed by atoms with Crippen LogP contribution in [0.25, 0.3) is 0 Å². The van der Waals surface area contributed by atoms with Crippen molar-refractivity contribution in [3.63, 3.8) is 0 Å². The van der Waals surface area contributed by atoms with Gasteiger partial charge in [-0.15, -0.1) is 0 Å². The summed E-state index contributed by atoms with van der Waals surface area (Å²) in [5.74, 6) is -1.72. The van der Waals surface area contributed by atoms with Crippen molar-refractivity contribution in [1.29, 1.82) is 0 Å². The third-order valence-electron chi connectivity index (χ3n) is 4.92. The van der Waals surface area contributed by atoms with Gasteiger partial charge in [-0.3, -0.25) is 19.3 Å². The van der Waals surface area contributed by atoms with Crippen LogP contribution in [-0.2, 0) is 20.9 Å². The molecule has 1 atom stereocenters. The molecule has 0 saturated heterocycles. The number of imide groups is 1. The summed E-state index contributed by atoms with van der Waals surface area (Å²) in [5, 5.41) is 0. The van der Waals surface area contributed by atoms with Crippen LogP contribution in [0.3, 0.4) is 0 Å². The molecule has 0 aromatic heterocycles. The van der Waals surface area contributed by atoms with Crippen molar-refractivity contribution in [3.05, 3.63) is 65.2 Å². The van der Waals surface area contributed by atoms with Gasteiger partial charge in [0.2, 0.25) is 0 Å². The van der Waals surface area contributed by atoms with Crippen molar-refractivity contribution in [3.8, 4) is 5.75 Å². The first-order valence-corrected chi connectivity index (χ1v) is 9.34. The first-order valence-electron chi connectivity index (χ1n) is 9.34. The summed E-state index contributed by atoms with van der Waals surface area (Å²) in [4.78, 5) is 52.0. The fourth-order valence-electron chi connectivity index (χ4n) is 3.21. The van der Waals surface area contributed by atoms with Gasteiger partial charge >= 0.3 is 5.97 Å². The Morgan fingerprint density at radius 1 is 1.00 bits per heavy atom. The lowest BCUT2D eigenvalue weighted by atomic mass is 10.1. The molecule has 0 bridgehead atoms. The highest BCUT2D eigenvalue weighted by molar-refractivity contribution is 6.22. The third kappa shape index (κ3) is 4.03. The molecular formula is C22H22N2O6. The molecule has 0 N–H and O–H groups in total. The Morgan fingerprint density at radius 2 is 1.57 bits per heavy atom. The van der Waals surface area contributed by atoms with E-state index in [-0.39, 0.29) is 17.7 Å². The Kier molecular flexibility index (Phi) is 6.15. The molecule has 1 aliphatic heterocycles. The molecule has 156 valence electrons. The molecule has 3 rings (SSSR count). The van der Waals surface area contributed by atoms with Crippen LogP contribution < -0.4 is 4.74 Å². The zero-order valence-corrected chi connectivity index (χ0v) is 17.0. The number of esters is 1. The molecule has 8 nitrogen and oxygen atoms in total. The van der Waals surface area contributed by atoms with E-state index in [4.69, 9.17) is 9.47 Å². The van der Waals surface area contributed by atoms with Gasteiger partial charge in [0.15, 0.2) is 6.61 Å². The number of carbonyl (C=O) groups is 4. The van der Waals surface area contributed by atoms with Gasteiger partial charge in [-0.05, 0) is 25.1 Å². The summed E-state index contributed by atoms with van der Waals surface area (Å²) in [6.45, 7) is 1.17. The molecule has 2 aromatic carbocycles. The average Bonchev–Trinajstić information content (AvgIpc) is 3.02. The van der Waals surface area contributed by atoms with Crippen molar-refractivity contribution in [2.45, 2.75) is 19.5 Å². The summed E-state index contributed by atoms with van der Waals surface area (Å²) in [7, 11) is 3.12. The Balaban J connectivity index is 1.58. The number of para-hydroxylation sites is 1. The second kappa shape index (κ2) is 8.77. The summed E-state index contributed by atoms with van der Waals surface area (Å²) in [6, 6.07) is 12.5. The molecule has 1 aliphatic rings. The minimum absolute atomic E-state index is 0.245. The van der Waals surface area contributed by atoms with Gasteiger partial charge in [-0.1, -0.05) is 30.3 Å². The number of likely N-dealkylation sites (N-methyl/N-ethyl adjacent to an activating group) is 1.